The van der Waals surface area contributed by atoms with Crippen LogP contribution >= 0.6 is 0 Å². The highest BCUT2D eigenvalue weighted by Gasteiger charge is 2.47. The molecule has 0 aromatic rings. The fourth-order valence-corrected chi connectivity index (χ4v) is 9.04. The number of carbonyl (C=O) groups excluding carboxylic acids is 2. The number of amides is 1. The summed E-state index contributed by atoms with van der Waals surface area (Å²) in [6, 6.07) is -1.04. The molecule has 0 bridgehead atoms. The number of aliphatic hydroxyl groups is 5. The molecule has 1 saturated heterocycles. The smallest absolute Gasteiger partial charge is 0.306 e. The molecule has 1 aliphatic rings. The van der Waals surface area contributed by atoms with Gasteiger partial charge in [-0.3, -0.25) is 9.59 Å². The second-order valence-electron chi connectivity index (χ2n) is 21.2. The van der Waals surface area contributed by atoms with Gasteiger partial charge in [-0.05, 0) is 83.5 Å². The van der Waals surface area contributed by atoms with Crippen molar-refractivity contribution in [2.24, 2.45) is 0 Å². The molecule has 1 rings (SSSR count). The van der Waals surface area contributed by atoms with Gasteiger partial charge >= 0.3 is 5.97 Å². The second-order valence-corrected chi connectivity index (χ2v) is 21.2. The molecule has 0 aromatic carbocycles. The standard InChI is InChI=1S/C68H113NO10/c1-4-7-10-13-16-19-22-24-26-28-29-30-31-32-34-35-37-40-43-46-49-52-55-61(72)67(76)69-59(60(71)54-51-48-45-42-39-21-18-15-12-9-6-3)58-77-68-66(65(75)64(74)62(57-70)78-68)79-63(73)56-53-50-47-44-41-38-36-33-27-25-23-20-17-14-11-8-5-2/h8,11,14,16-17,19-20,23-27,29-30,33,36,38,41,51,54,59-62,64-66,68,70-72,74-75H,4-7,9-10,12-13,15,18,21-22,28,31-32,34-35,37,39-40,42-50,52-53,55-58H2,1-3H3,(H,69,76)/b11-8-,17-14+,19-16-,23-20+,26-24-,27-25-,30-29-,36-33+,41-38+,54-51+. The van der Waals surface area contributed by atoms with Crippen molar-refractivity contribution in [1.82, 2.24) is 5.32 Å². The maximum atomic E-state index is 13.4. The molecule has 0 radical (unpaired) electrons. The minimum atomic E-state index is -1.64. The number of esters is 1. The first-order valence-electron chi connectivity index (χ1n) is 31.4. The Morgan fingerprint density at radius 1 is 0.519 bits per heavy atom. The van der Waals surface area contributed by atoms with Crippen LogP contribution in [-0.2, 0) is 23.8 Å². The molecular formula is C68H113NO10. The van der Waals surface area contributed by atoms with Gasteiger partial charge in [0.2, 0.25) is 5.91 Å². The van der Waals surface area contributed by atoms with Crippen molar-refractivity contribution >= 4 is 11.9 Å². The molecule has 6 N–H and O–H groups in total. The fraction of sp³-hybridized carbons (Fsp3) is 0.676. The predicted molar refractivity (Wildman–Crippen MR) is 328 cm³/mol. The van der Waals surface area contributed by atoms with Crippen molar-refractivity contribution in [2.75, 3.05) is 13.2 Å². The fourth-order valence-electron chi connectivity index (χ4n) is 9.04. The number of allylic oxidation sites excluding steroid dienone is 19. The number of ether oxygens (including phenoxy) is 3. The number of hydrogen-bond acceptors (Lipinski definition) is 10. The van der Waals surface area contributed by atoms with Crippen LogP contribution in [0.5, 0.6) is 0 Å². The normalized spacial score (nSPS) is 19.7. The van der Waals surface area contributed by atoms with Crippen molar-refractivity contribution in [3.05, 3.63) is 122 Å². The first-order chi connectivity index (χ1) is 38.7. The zero-order valence-electron chi connectivity index (χ0n) is 49.7. The van der Waals surface area contributed by atoms with E-state index < -0.39 is 67.4 Å². The highest BCUT2D eigenvalue weighted by Crippen LogP contribution is 2.26. The third-order valence-corrected chi connectivity index (χ3v) is 14.0. The Morgan fingerprint density at radius 3 is 1.51 bits per heavy atom. The Bertz CT molecular complexity index is 1740. The number of unbranched alkanes of at least 4 members (excludes halogenated alkanes) is 24. The van der Waals surface area contributed by atoms with Crippen LogP contribution in [0.25, 0.3) is 0 Å². The van der Waals surface area contributed by atoms with Crippen LogP contribution in [0.15, 0.2) is 122 Å². The lowest BCUT2D eigenvalue weighted by molar-refractivity contribution is -0.305. The molecular weight excluding hydrogens is 991 g/mol. The van der Waals surface area contributed by atoms with E-state index in [1.54, 1.807) is 6.08 Å². The summed E-state index contributed by atoms with van der Waals surface area (Å²) in [5, 5.41) is 57.0. The van der Waals surface area contributed by atoms with Crippen LogP contribution < -0.4 is 5.32 Å². The number of carbonyl (C=O) groups is 2. The molecule has 1 fully saturated rings. The van der Waals surface area contributed by atoms with E-state index in [1.807, 2.05) is 66.8 Å². The molecule has 1 amide bonds. The van der Waals surface area contributed by atoms with Gasteiger partial charge in [0.15, 0.2) is 12.4 Å². The Labute approximate surface area is 480 Å². The Morgan fingerprint density at radius 2 is 0.962 bits per heavy atom. The van der Waals surface area contributed by atoms with E-state index in [1.165, 1.54) is 96.3 Å². The van der Waals surface area contributed by atoms with Gasteiger partial charge in [0, 0.05) is 6.42 Å². The number of aliphatic hydroxyl groups excluding tert-OH is 5. The van der Waals surface area contributed by atoms with Crippen LogP contribution in [-0.4, -0.2) is 99.6 Å². The summed E-state index contributed by atoms with van der Waals surface area (Å²) >= 11 is 0. The first-order valence-corrected chi connectivity index (χ1v) is 31.4. The topological polar surface area (TPSA) is 175 Å². The van der Waals surface area contributed by atoms with Gasteiger partial charge in [0.1, 0.15) is 24.4 Å². The zero-order valence-corrected chi connectivity index (χ0v) is 49.7. The minimum Gasteiger partial charge on any atom is -0.454 e. The van der Waals surface area contributed by atoms with E-state index in [-0.39, 0.29) is 19.4 Å². The van der Waals surface area contributed by atoms with E-state index in [4.69, 9.17) is 14.2 Å². The van der Waals surface area contributed by atoms with Crippen LogP contribution in [0.1, 0.15) is 233 Å². The lowest BCUT2D eigenvalue weighted by atomic mass is 9.99. The van der Waals surface area contributed by atoms with Crippen LogP contribution in [0.3, 0.4) is 0 Å². The Kier molecular flexibility index (Phi) is 50.5. The molecule has 8 unspecified atom stereocenters. The van der Waals surface area contributed by atoms with Gasteiger partial charge < -0.3 is 45.1 Å². The monoisotopic (exact) mass is 1100 g/mol. The number of rotatable bonds is 51. The molecule has 1 aliphatic heterocycles. The van der Waals surface area contributed by atoms with Crippen molar-refractivity contribution in [2.45, 2.75) is 282 Å². The summed E-state index contributed by atoms with van der Waals surface area (Å²) in [6.45, 7) is 5.57. The van der Waals surface area contributed by atoms with Gasteiger partial charge in [-0.25, -0.2) is 0 Å². The van der Waals surface area contributed by atoms with E-state index in [0.717, 1.165) is 89.9 Å². The highest BCUT2D eigenvalue weighted by molar-refractivity contribution is 5.80. The molecule has 0 saturated carbocycles. The third kappa shape index (κ3) is 42.6. The molecule has 79 heavy (non-hydrogen) atoms. The van der Waals surface area contributed by atoms with Gasteiger partial charge in [0.05, 0.1) is 25.4 Å². The quantitative estimate of drug-likeness (QED) is 0.0149. The lowest BCUT2D eigenvalue weighted by Gasteiger charge is -2.41. The number of hydrogen-bond donors (Lipinski definition) is 6. The molecule has 11 heteroatoms. The predicted octanol–water partition coefficient (Wildman–Crippen LogP) is 15.1. The first kappa shape index (κ1) is 73.1. The maximum absolute atomic E-state index is 13.4. The molecule has 0 spiro atoms. The van der Waals surface area contributed by atoms with Gasteiger partial charge in [0.25, 0.3) is 0 Å². The summed E-state index contributed by atoms with van der Waals surface area (Å²) in [7, 11) is 0. The van der Waals surface area contributed by atoms with Gasteiger partial charge in [-0.2, -0.15) is 0 Å². The molecule has 450 valence electrons. The molecule has 8 atom stereocenters. The molecule has 0 aliphatic carbocycles. The lowest BCUT2D eigenvalue weighted by Crippen LogP contribution is -2.61. The van der Waals surface area contributed by atoms with Crippen molar-refractivity contribution in [1.29, 1.82) is 0 Å². The van der Waals surface area contributed by atoms with Crippen LogP contribution in [0, 0.1) is 0 Å². The minimum absolute atomic E-state index is 0.0652. The number of nitrogens with one attached hydrogen (secondary N) is 1. The molecule has 1 heterocycles. The van der Waals surface area contributed by atoms with E-state index in [0.29, 0.717) is 12.8 Å². The zero-order chi connectivity index (χ0) is 57.5. The maximum Gasteiger partial charge on any atom is 0.306 e. The molecule has 11 nitrogen and oxygen atoms in total. The average Bonchev–Trinajstić information content (AvgIpc) is 3.47. The summed E-state index contributed by atoms with van der Waals surface area (Å²) in [6.07, 6.45) is 65.2. The van der Waals surface area contributed by atoms with Crippen LogP contribution in [0.4, 0.5) is 0 Å². The van der Waals surface area contributed by atoms with Crippen LogP contribution in [0.2, 0.25) is 0 Å². The summed E-state index contributed by atoms with van der Waals surface area (Å²) in [5.74, 6) is -1.25. The van der Waals surface area contributed by atoms with Gasteiger partial charge in [-0.1, -0.05) is 264 Å². The average molecular weight is 1100 g/mol. The van der Waals surface area contributed by atoms with E-state index in [2.05, 4.69) is 74.7 Å². The molecule has 0 aromatic heterocycles. The second kappa shape index (κ2) is 54.6. The van der Waals surface area contributed by atoms with Crippen molar-refractivity contribution in [3.63, 3.8) is 0 Å². The summed E-state index contributed by atoms with van der Waals surface area (Å²) < 4.78 is 17.6. The third-order valence-electron chi connectivity index (χ3n) is 14.0. The van der Waals surface area contributed by atoms with E-state index in [9.17, 15) is 35.1 Å². The Hall–Kier alpha value is -3.94. The summed E-state index contributed by atoms with van der Waals surface area (Å²) in [5.41, 5.74) is 0. The van der Waals surface area contributed by atoms with Crippen molar-refractivity contribution < 1.29 is 49.3 Å². The highest BCUT2D eigenvalue weighted by atomic mass is 16.7. The van der Waals surface area contributed by atoms with Crippen molar-refractivity contribution in [3.8, 4) is 0 Å². The van der Waals surface area contributed by atoms with E-state index >= 15 is 0 Å². The van der Waals surface area contributed by atoms with Gasteiger partial charge in [-0.15, -0.1) is 0 Å². The Balaban J connectivity index is 2.68. The summed E-state index contributed by atoms with van der Waals surface area (Å²) in [4.78, 5) is 26.5. The largest absolute Gasteiger partial charge is 0.454 e. The SMILES string of the molecule is CC\C=C/C=C/C=C/C=C\C=C\C=C\CCCCCC(=O)OC1C(OCC(NC(=O)C(O)CCCCCCCCCCC/C=C\C/C=C\C/C=C\CCCCC)C(O)/C=C/CCCCCCCCCCC)OC(CO)C(O)C1O.